The summed E-state index contributed by atoms with van der Waals surface area (Å²) in [4.78, 5) is 37.8. The van der Waals surface area contributed by atoms with Gasteiger partial charge in [-0.25, -0.2) is 4.68 Å². The van der Waals surface area contributed by atoms with Crippen LogP contribution in [-0.4, -0.2) is 49.4 Å². The first-order chi connectivity index (χ1) is 12.6. The first kappa shape index (κ1) is 16.4. The standard InChI is InChI=1S/C17H18N6O3/c24-15(10-22-16(25)12-7-3-4-8-13(12)17(22)26)18-9-14-19-20-21-23(14)11-5-1-2-6-11/h3-4,7-8,11H,1-2,5-6,9-10H2,(H,18,24). The van der Waals surface area contributed by atoms with Gasteiger partial charge in [0.05, 0.1) is 23.7 Å². The van der Waals surface area contributed by atoms with Gasteiger partial charge in [-0.1, -0.05) is 25.0 Å². The molecule has 26 heavy (non-hydrogen) atoms. The molecule has 0 spiro atoms. The van der Waals surface area contributed by atoms with Crippen LogP contribution in [0, 0.1) is 0 Å². The normalized spacial score (nSPS) is 17.0. The van der Waals surface area contributed by atoms with Crippen LogP contribution in [0.15, 0.2) is 24.3 Å². The zero-order valence-corrected chi connectivity index (χ0v) is 14.1. The lowest BCUT2D eigenvalue weighted by atomic mass is 10.1. The van der Waals surface area contributed by atoms with E-state index in [0.29, 0.717) is 17.0 Å². The third-order valence-corrected chi connectivity index (χ3v) is 4.86. The summed E-state index contributed by atoms with van der Waals surface area (Å²) >= 11 is 0. The summed E-state index contributed by atoms with van der Waals surface area (Å²) in [5.74, 6) is -0.749. The molecule has 0 bridgehead atoms. The molecule has 1 aromatic carbocycles. The molecule has 1 N–H and O–H groups in total. The summed E-state index contributed by atoms with van der Waals surface area (Å²) in [7, 11) is 0. The summed E-state index contributed by atoms with van der Waals surface area (Å²) in [6, 6.07) is 6.83. The maximum Gasteiger partial charge on any atom is 0.262 e. The molecule has 1 saturated carbocycles. The first-order valence-corrected chi connectivity index (χ1v) is 8.64. The predicted octanol–water partition coefficient (Wildman–Crippen LogP) is 0.701. The van der Waals surface area contributed by atoms with E-state index in [1.165, 1.54) is 0 Å². The van der Waals surface area contributed by atoms with E-state index in [9.17, 15) is 14.4 Å². The molecule has 1 aliphatic carbocycles. The summed E-state index contributed by atoms with van der Waals surface area (Å²) in [6.07, 6.45) is 4.36. The minimum atomic E-state index is -0.448. The van der Waals surface area contributed by atoms with Crippen molar-refractivity contribution in [3.8, 4) is 0 Å². The quantitative estimate of drug-likeness (QED) is 0.792. The van der Waals surface area contributed by atoms with E-state index in [-0.39, 0.29) is 19.1 Å². The average Bonchev–Trinajstić information content (AvgIpc) is 3.37. The number of imide groups is 1. The third-order valence-electron chi connectivity index (χ3n) is 4.86. The molecule has 3 amide bonds. The van der Waals surface area contributed by atoms with Gasteiger partial charge in [-0.15, -0.1) is 5.10 Å². The highest BCUT2D eigenvalue weighted by Gasteiger charge is 2.36. The predicted molar refractivity (Wildman–Crippen MR) is 89.0 cm³/mol. The second kappa shape index (κ2) is 6.66. The molecule has 1 aliphatic heterocycles. The van der Waals surface area contributed by atoms with Crippen molar-refractivity contribution in [2.45, 2.75) is 38.3 Å². The van der Waals surface area contributed by atoms with Crippen molar-refractivity contribution in [1.29, 1.82) is 0 Å². The van der Waals surface area contributed by atoms with Gasteiger partial charge in [0.15, 0.2) is 5.82 Å². The summed E-state index contributed by atoms with van der Waals surface area (Å²) in [5.41, 5.74) is 0.658. The topological polar surface area (TPSA) is 110 Å². The third kappa shape index (κ3) is 2.85. The largest absolute Gasteiger partial charge is 0.347 e. The fourth-order valence-electron chi connectivity index (χ4n) is 3.52. The molecule has 1 aromatic heterocycles. The molecule has 0 unspecified atom stereocenters. The molecule has 9 nitrogen and oxygen atoms in total. The number of nitrogens with one attached hydrogen (secondary N) is 1. The van der Waals surface area contributed by atoms with Crippen molar-refractivity contribution >= 4 is 17.7 Å². The number of aromatic nitrogens is 4. The molecule has 2 aromatic rings. The van der Waals surface area contributed by atoms with Gasteiger partial charge in [0.25, 0.3) is 11.8 Å². The number of nitrogens with zero attached hydrogens (tertiary/aromatic N) is 5. The molecule has 1 fully saturated rings. The van der Waals surface area contributed by atoms with E-state index in [4.69, 9.17) is 0 Å². The molecule has 9 heteroatoms. The molecule has 2 aliphatic rings. The number of hydrogen-bond donors (Lipinski definition) is 1. The molecule has 2 heterocycles. The summed E-state index contributed by atoms with van der Waals surface area (Å²) in [6.45, 7) is -0.164. The smallest absolute Gasteiger partial charge is 0.262 e. The number of benzene rings is 1. The lowest BCUT2D eigenvalue weighted by Crippen LogP contribution is -2.40. The van der Waals surface area contributed by atoms with Gasteiger partial charge in [0, 0.05) is 0 Å². The average molecular weight is 354 g/mol. The van der Waals surface area contributed by atoms with Crippen LogP contribution in [0.25, 0.3) is 0 Å². The lowest BCUT2D eigenvalue weighted by Gasteiger charge is -2.14. The van der Waals surface area contributed by atoms with Crippen LogP contribution in [-0.2, 0) is 11.3 Å². The van der Waals surface area contributed by atoms with E-state index in [2.05, 4.69) is 20.8 Å². The minimum absolute atomic E-state index is 0.158. The minimum Gasteiger partial charge on any atom is -0.347 e. The van der Waals surface area contributed by atoms with Crippen LogP contribution in [0.1, 0.15) is 58.3 Å². The molecule has 4 rings (SSSR count). The summed E-state index contributed by atoms with van der Waals surface area (Å²) < 4.78 is 1.76. The zero-order valence-electron chi connectivity index (χ0n) is 14.1. The Labute approximate surface area is 149 Å². The molecule has 134 valence electrons. The maximum atomic E-state index is 12.3. The molecular weight excluding hydrogens is 336 g/mol. The Morgan fingerprint density at radius 2 is 1.77 bits per heavy atom. The van der Waals surface area contributed by atoms with E-state index in [0.717, 1.165) is 30.6 Å². The SMILES string of the molecule is O=C(CN1C(=O)c2ccccc2C1=O)NCc1nnnn1C1CCCC1. The van der Waals surface area contributed by atoms with Gasteiger partial charge >= 0.3 is 0 Å². The van der Waals surface area contributed by atoms with Crippen LogP contribution < -0.4 is 5.32 Å². The van der Waals surface area contributed by atoms with Crippen molar-refractivity contribution in [2.75, 3.05) is 6.54 Å². The van der Waals surface area contributed by atoms with Crippen LogP contribution in [0.5, 0.6) is 0 Å². The Kier molecular flexibility index (Phi) is 4.19. The van der Waals surface area contributed by atoms with Crippen LogP contribution in [0.4, 0.5) is 0 Å². The second-order valence-electron chi connectivity index (χ2n) is 6.50. The number of tetrazole rings is 1. The van der Waals surface area contributed by atoms with Crippen molar-refractivity contribution in [3.63, 3.8) is 0 Å². The van der Waals surface area contributed by atoms with Gasteiger partial charge in [-0.2, -0.15) is 0 Å². The van der Waals surface area contributed by atoms with Gasteiger partial charge in [-0.05, 0) is 35.4 Å². The monoisotopic (exact) mass is 354 g/mol. The van der Waals surface area contributed by atoms with Crippen molar-refractivity contribution in [2.24, 2.45) is 0 Å². The number of hydrogen-bond acceptors (Lipinski definition) is 6. The molecule has 0 atom stereocenters. The Bertz CT molecular complexity index is 836. The highest BCUT2D eigenvalue weighted by Crippen LogP contribution is 2.29. The number of carbonyl (C=O) groups is 3. The van der Waals surface area contributed by atoms with E-state index < -0.39 is 17.7 Å². The van der Waals surface area contributed by atoms with Crippen molar-refractivity contribution in [3.05, 3.63) is 41.2 Å². The Morgan fingerprint density at radius 1 is 1.12 bits per heavy atom. The first-order valence-electron chi connectivity index (χ1n) is 8.64. The Balaban J connectivity index is 1.38. The van der Waals surface area contributed by atoms with Crippen LogP contribution in [0.3, 0.4) is 0 Å². The van der Waals surface area contributed by atoms with Gasteiger partial charge in [0.2, 0.25) is 5.91 Å². The van der Waals surface area contributed by atoms with Gasteiger partial charge < -0.3 is 5.32 Å². The fourth-order valence-corrected chi connectivity index (χ4v) is 3.52. The van der Waals surface area contributed by atoms with Gasteiger partial charge in [-0.3, -0.25) is 19.3 Å². The Morgan fingerprint density at radius 3 is 2.42 bits per heavy atom. The van der Waals surface area contributed by atoms with Crippen molar-refractivity contribution < 1.29 is 14.4 Å². The second-order valence-corrected chi connectivity index (χ2v) is 6.50. The molecule has 0 radical (unpaired) electrons. The zero-order chi connectivity index (χ0) is 18.1. The van der Waals surface area contributed by atoms with Crippen LogP contribution in [0.2, 0.25) is 0 Å². The highest BCUT2D eigenvalue weighted by atomic mass is 16.2. The van der Waals surface area contributed by atoms with Crippen LogP contribution >= 0.6 is 0 Å². The number of rotatable bonds is 5. The number of fused-ring (bicyclic) bond motifs is 1. The number of carbonyl (C=O) groups excluding carboxylic acids is 3. The van der Waals surface area contributed by atoms with E-state index in [1.807, 2.05) is 0 Å². The lowest BCUT2D eigenvalue weighted by molar-refractivity contribution is -0.121. The van der Waals surface area contributed by atoms with Gasteiger partial charge in [0.1, 0.15) is 6.54 Å². The number of amides is 3. The summed E-state index contributed by atoms with van der Waals surface area (Å²) in [5, 5.41) is 14.4. The highest BCUT2D eigenvalue weighted by molar-refractivity contribution is 6.22. The molecular formula is C17H18N6O3. The Hall–Kier alpha value is -3.10. The molecule has 0 saturated heterocycles. The van der Waals surface area contributed by atoms with E-state index in [1.54, 1.807) is 28.9 Å². The maximum absolute atomic E-state index is 12.3. The fraction of sp³-hybridized carbons (Fsp3) is 0.412. The van der Waals surface area contributed by atoms with E-state index >= 15 is 0 Å². The van der Waals surface area contributed by atoms with Crippen molar-refractivity contribution in [1.82, 2.24) is 30.4 Å².